The van der Waals surface area contributed by atoms with Crippen LogP contribution in [0.2, 0.25) is 0 Å². The van der Waals surface area contributed by atoms with E-state index < -0.39 is 5.41 Å². The van der Waals surface area contributed by atoms with E-state index in [1.165, 1.54) is 0 Å². The average Bonchev–Trinajstić information content (AvgIpc) is 3.20. The van der Waals surface area contributed by atoms with Crippen molar-refractivity contribution in [1.82, 2.24) is 9.88 Å². The number of carbonyl (C=O) groups excluding carboxylic acids is 1. The van der Waals surface area contributed by atoms with Crippen molar-refractivity contribution >= 4 is 5.91 Å². The molecule has 0 unspecified atom stereocenters. The number of nitrogens with zero attached hydrogens (tertiary/aromatic N) is 2. The molecule has 1 atom stereocenters. The number of rotatable bonds is 7. The topological polar surface area (TPSA) is 53.4 Å². The van der Waals surface area contributed by atoms with Crippen molar-refractivity contribution < 1.29 is 9.90 Å². The first-order valence-corrected chi connectivity index (χ1v) is 9.58. The summed E-state index contributed by atoms with van der Waals surface area (Å²) in [4.78, 5) is 20.1. The van der Waals surface area contributed by atoms with Gasteiger partial charge in [0.15, 0.2) is 0 Å². The Hall–Kier alpha value is -2.20. The lowest BCUT2D eigenvalue weighted by Crippen LogP contribution is -2.50. The zero-order valence-electron chi connectivity index (χ0n) is 15.5. The number of aromatic nitrogens is 1. The lowest BCUT2D eigenvalue weighted by atomic mass is 9.77. The molecule has 0 radical (unpaired) electrons. The van der Waals surface area contributed by atoms with Crippen LogP contribution in [0.4, 0.5) is 0 Å². The fourth-order valence-corrected chi connectivity index (χ4v) is 4.12. The van der Waals surface area contributed by atoms with Crippen LogP contribution in [-0.4, -0.2) is 33.5 Å². The van der Waals surface area contributed by atoms with E-state index >= 15 is 0 Å². The van der Waals surface area contributed by atoms with E-state index in [0.29, 0.717) is 6.54 Å². The highest BCUT2D eigenvalue weighted by molar-refractivity contribution is 5.89. The standard InChI is InChI=1S/C22H28N2O2/c1-2-20(17-25)24(16-19-12-6-9-15-23-19)21(26)22(13-7-8-14-22)18-10-4-3-5-11-18/h3-6,9-12,15,20,25H,2,7-8,13-14,16-17H2,1H3/t20-/m0/s1. The Morgan fingerprint density at radius 3 is 2.42 bits per heavy atom. The molecule has 0 spiro atoms. The molecular formula is C22H28N2O2. The first-order valence-electron chi connectivity index (χ1n) is 9.58. The van der Waals surface area contributed by atoms with Gasteiger partial charge in [-0.1, -0.05) is 56.2 Å². The van der Waals surface area contributed by atoms with Crippen LogP contribution in [0, 0.1) is 0 Å². The number of hydrogen-bond donors (Lipinski definition) is 1. The third kappa shape index (κ3) is 3.65. The van der Waals surface area contributed by atoms with Crippen LogP contribution in [0.1, 0.15) is 50.3 Å². The molecule has 0 aliphatic heterocycles. The molecule has 1 saturated carbocycles. The average molecular weight is 352 g/mol. The van der Waals surface area contributed by atoms with Gasteiger partial charge >= 0.3 is 0 Å². The van der Waals surface area contributed by atoms with Gasteiger partial charge in [0, 0.05) is 6.20 Å². The van der Waals surface area contributed by atoms with Gasteiger partial charge in [0.2, 0.25) is 5.91 Å². The molecule has 1 aliphatic rings. The molecule has 26 heavy (non-hydrogen) atoms. The zero-order chi connectivity index (χ0) is 18.4. The second-order valence-electron chi connectivity index (χ2n) is 7.15. The molecule has 1 heterocycles. The molecular weight excluding hydrogens is 324 g/mol. The number of hydrogen-bond acceptors (Lipinski definition) is 3. The second-order valence-corrected chi connectivity index (χ2v) is 7.15. The first-order chi connectivity index (χ1) is 12.7. The van der Waals surface area contributed by atoms with Crippen LogP contribution in [0.3, 0.4) is 0 Å². The summed E-state index contributed by atoms with van der Waals surface area (Å²) in [5.41, 5.74) is 1.48. The van der Waals surface area contributed by atoms with Gasteiger partial charge in [-0.25, -0.2) is 0 Å². The summed E-state index contributed by atoms with van der Waals surface area (Å²) in [6.45, 7) is 2.43. The van der Waals surface area contributed by atoms with Crippen LogP contribution in [-0.2, 0) is 16.8 Å². The molecule has 4 nitrogen and oxygen atoms in total. The van der Waals surface area contributed by atoms with E-state index in [-0.39, 0.29) is 18.6 Å². The summed E-state index contributed by atoms with van der Waals surface area (Å²) in [5, 5.41) is 9.91. The Labute approximate surface area is 155 Å². The van der Waals surface area contributed by atoms with Gasteiger partial charge in [-0.3, -0.25) is 9.78 Å². The Kier molecular flexibility index (Phi) is 6.04. The fourth-order valence-electron chi connectivity index (χ4n) is 4.12. The predicted molar refractivity (Wildman–Crippen MR) is 103 cm³/mol. The zero-order valence-corrected chi connectivity index (χ0v) is 15.5. The molecule has 1 aromatic carbocycles. The van der Waals surface area contributed by atoms with E-state index in [9.17, 15) is 9.90 Å². The molecule has 2 aromatic rings. The number of benzene rings is 1. The quantitative estimate of drug-likeness (QED) is 0.827. The van der Waals surface area contributed by atoms with Crippen molar-refractivity contribution in [3.63, 3.8) is 0 Å². The van der Waals surface area contributed by atoms with Crippen LogP contribution in [0.5, 0.6) is 0 Å². The van der Waals surface area contributed by atoms with Gasteiger partial charge in [0.05, 0.1) is 30.3 Å². The molecule has 0 saturated heterocycles. The molecule has 1 fully saturated rings. The summed E-state index contributed by atoms with van der Waals surface area (Å²) in [6, 6.07) is 15.7. The number of aliphatic hydroxyl groups is 1. The van der Waals surface area contributed by atoms with Crippen LogP contribution < -0.4 is 0 Å². The Morgan fingerprint density at radius 2 is 1.85 bits per heavy atom. The number of aliphatic hydroxyl groups excluding tert-OH is 1. The molecule has 3 rings (SSSR count). The van der Waals surface area contributed by atoms with Gasteiger partial charge in [-0.2, -0.15) is 0 Å². The van der Waals surface area contributed by atoms with E-state index in [2.05, 4.69) is 17.1 Å². The molecule has 4 heteroatoms. The molecule has 1 aromatic heterocycles. The van der Waals surface area contributed by atoms with E-state index in [0.717, 1.165) is 43.4 Å². The van der Waals surface area contributed by atoms with Gasteiger partial charge in [0.25, 0.3) is 0 Å². The lowest BCUT2D eigenvalue weighted by Gasteiger charge is -2.38. The maximum Gasteiger partial charge on any atom is 0.233 e. The molecule has 1 aliphatic carbocycles. The fraction of sp³-hybridized carbons (Fsp3) is 0.455. The van der Waals surface area contributed by atoms with Crippen LogP contribution in [0.15, 0.2) is 54.7 Å². The van der Waals surface area contributed by atoms with E-state index in [1.807, 2.05) is 48.2 Å². The highest BCUT2D eigenvalue weighted by atomic mass is 16.3. The highest BCUT2D eigenvalue weighted by Crippen LogP contribution is 2.43. The highest BCUT2D eigenvalue weighted by Gasteiger charge is 2.46. The predicted octanol–water partition coefficient (Wildman–Crippen LogP) is 3.69. The molecule has 1 amide bonds. The maximum atomic E-state index is 13.8. The molecule has 1 N–H and O–H groups in total. The SMILES string of the molecule is CC[C@@H](CO)N(Cc1ccccn1)C(=O)C1(c2ccccc2)CCCC1. The minimum atomic E-state index is -0.474. The molecule has 138 valence electrons. The minimum Gasteiger partial charge on any atom is -0.394 e. The van der Waals surface area contributed by atoms with E-state index in [4.69, 9.17) is 0 Å². The summed E-state index contributed by atoms with van der Waals surface area (Å²) in [5.74, 6) is 0.132. The minimum absolute atomic E-state index is 0.0278. The smallest absolute Gasteiger partial charge is 0.233 e. The number of carbonyl (C=O) groups is 1. The van der Waals surface area contributed by atoms with Crippen molar-refractivity contribution in [3.05, 3.63) is 66.0 Å². The largest absolute Gasteiger partial charge is 0.394 e. The normalized spacial score (nSPS) is 17.0. The van der Waals surface area contributed by atoms with Crippen molar-refractivity contribution in [2.24, 2.45) is 0 Å². The number of pyridine rings is 1. The van der Waals surface area contributed by atoms with Crippen molar-refractivity contribution in [2.45, 2.75) is 57.0 Å². The Morgan fingerprint density at radius 1 is 1.15 bits per heavy atom. The van der Waals surface area contributed by atoms with Crippen molar-refractivity contribution in [3.8, 4) is 0 Å². The second kappa shape index (κ2) is 8.45. The Bertz CT molecular complexity index is 693. The summed E-state index contributed by atoms with van der Waals surface area (Å²) < 4.78 is 0. The Balaban J connectivity index is 1.97. The number of amides is 1. The summed E-state index contributed by atoms with van der Waals surface area (Å²) >= 11 is 0. The maximum absolute atomic E-state index is 13.8. The molecule has 0 bridgehead atoms. The van der Waals surface area contributed by atoms with E-state index in [1.54, 1.807) is 6.20 Å². The summed E-state index contributed by atoms with van der Waals surface area (Å²) in [6.07, 6.45) is 6.34. The van der Waals surface area contributed by atoms with Crippen LogP contribution >= 0.6 is 0 Å². The monoisotopic (exact) mass is 352 g/mol. The first kappa shape index (κ1) is 18.6. The van der Waals surface area contributed by atoms with Gasteiger partial charge < -0.3 is 10.0 Å². The van der Waals surface area contributed by atoms with Gasteiger partial charge in [0.1, 0.15) is 0 Å². The van der Waals surface area contributed by atoms with Gasteiger partial charge in [-0.15, -0.1) is 0 Å². The van der Waals surface area contributed by atoms with Crippen molar-refractivity contribution in [2.75, 3.05) is 6.61 Å². The third-order valence-corrected chi connectivity index (χ3v) is 5.63. The third-order valence-electron chi connectivity index (χ3n) is 5.63. The summed E-state index contributed by atoms with van der Waals surface area (Å²) in [7, 11) is 0. The van der Waals surface area contributed by atoms with Crippen molar-refractivity contribution in [1.29, 1.82) is 0 Å². The lowest BCUT2D eigenvalue weighted by molar-refractivity contribution is -0.141. The van der Waals surface area contributed by atoms with Crippen LogP contribution in [0.25, 0.3) is 0 Å². The van der Waals surface area contributed by atoms with Gasteiger partial charge in [-0.05, 0) is 37.0 Å².